The number of hydrogen-bond acceptors (Lipinski definition) is 4. The predicted molar refractivity (Wildman–Crippen MR) is 75.0 cm³/mol. The van der Waals surface area contributed by atoms with E-state index < -0.39 is 0 Å². The first-order chi connectivity index (χ1) is 9.56. The van der Waals surface area contributed by atoms with Crippen molar-refractivity contribution in [1.29, 1.82) is 0 Å². The Morgan fingerprint density at radius 3 is 2.85 bits per heavy atom. The average molecular weight is 294 g/mol. The minimum atomic E-state index is -0.134. The Bertz CT molecular complexity index is 686. The van der Waals surface area contributed by atoms with Crippen molar-refractivity contribution in [2.75, 3.05) is 0 Å². The highest BCUT2D eigenvalue weighted by molar-refractivity contribution is 6.29. The van der Waals surface area contributed by atoms with Crippen LogP contribution in [0.1, 0.15) is 50.3 Å². The molecule has 0 aromatic carbocycles. The first-order valence-electron chi connectivity index (χ1n) is 6.72. The molecule has 1 fully saturated rings. The van der Waals surface area contributed by atoms with Gasteiger partial charge in [0, 0.05) is 18.0 Å². The number of halogens is 1. The summed E-state index contributed by atoms with van der Waals surface area (Å²) in [5.41, 5.74) is -0.134. The van der Waals surface area contributed by atoms with Crippen LogP contribution < -0.4 is 5.56 Å². The van der Waals surface area contributed by atoms with Crippen LogP contribution in [0.5, 0.6) is 0 Å². The van der Waals surface area contributed by atoms with Crippen molar-refractivity contribution in [3.63, 3.8) is 0 Å². The average Bonchev–Trinajstić information content (AvgIpc) is 3.11. The minimum absolute atomic E-state index is 0.134. The van der Waals surface area contributed by atoms with E-state index in [-0.39, 0.29) is 16.8 Å². The monoisotopic (exact) mass is 293 g/mol. The van der Waals surface area contributed by atoms with Crippen LogP contribution in [0.3, 0.4) is 0 Å². The fourth-order valence-electron chi connectivity index (χ4n) is 2.27. The smallest absolute Gasteiger partial charge is 0.255 e. The molecule has 1 aliphatic carbocycles. The SMILES string of the molecule is CC(C)n1ncnc1Cn1c(C2CC2)nc(Cl)cc1=O. The number of rotatable bonds is 4. The Morgan fingerprint density at radius 2 is 2.20 bits per heavy atom. The summed E-state index contributed by atoms with van der Waals surface area (Å²) in [4.78, 5) is 20.8. The molecule has 2 aromatic rings. The lowest BCUT2D eigenvalue weighted by Gasteiger charge is -2.13. The van der Waals surface area contributed by atoms with Crippen LogP contribution in [0.4, 0.5) is 0 Å². The van der Waals surface area contributed by atoms with E-state index in [1.54, 1.807) is 4.57 Å². The molecule has 2 heterocycles. The summed E-state index contributed by atoms with van der Waals surface area (Å²) in [6.07, 6.45) is 3.63. The molecule has 1 saturated carbocycles. The molecule has 0 radical (unpaired) electrons. The van der Waals surface area contributed by atoms with Gasteiger partial charge >= 0.3 is 0 Å². The molecule has 0 aliphatic heterocycles. The zero-order valence-corrected chi connectivity index (χ0v) is 12.2. The Kier molecular flexibility index (Phi) is 3.33. The molecular weight excluding hydrogens is 278 g/mol. The summed E-state index contributed by atoms with van der Waals surface area (Å²) in [6, 6.07) is 1.55. The maximum Gasteiger partial charge on any atom is 0.255 e. The molecule has 0 amide bonds. The van der Waals surface area contributed by atoms with Crippen molar-refractivity contribution in [3.8, 4) is 0 Å². The Labute approximate surface area is 121 Å². The molecule has 0 saturated heterocycles. The maximum absolute atomic E-state index is 12.2. The molecule has 0 atom stereocenters. The Hall–Kier alpha value is -1.69. The first-order valence-corrected chi connectivity index (χ1v) is 7.09. The second kappa shape index (κ2) is 5.01. The first kappa shape index (κ1) is 13.3. The third-order valence-corrected chi connectivity index (χ3v) is 3.58. The normalized spacial score (nSPS) is 15.0. The van der Waals surface area contributed by atoms with Gasteiger partial charge in [-0.2, -0.15) is 5.10 Å². The van der Waals surface area contributed by atoms with Gasteiger partial charge in [0.25, 0.3) is 5.56 Å². The van der Waals surface area contributed by atoms with Crippen LogP contribution >= 0.6 is 11.6 Å². The molecule has 0 unspecified atom stereocenters. The van der Waals surface area contributed by atoms with E-state index in [1.807, 2.05) is 18.5 Å². The van der Waals surface area contributed by atoms with Crippen LogP contribution in [-0.4, -0.2) is 24.3 Å². The lowest BCUT2D eigenvalue weighted by Crippen LogP contribution is -2.26. The van der Waals surface area contributed by atoms with E-state index in [0.717, 1.165) is 24.5 Å². The highest BCUT2D eigenvalue weighted by Crippen LogP contribution is 2.38. The quantitative estimate of drug-likeness (QED) is 0.809. The van der Waals surface area contributed by atoms with Crippen molar-refractivity contribution < 1.29 is 0 Å². The van der Waals surface area contributed by atoms with Gasteiger partial charge in [0.05, 0.1) is 6.54 Å². The van der Waals surface area contributed by atoms with E-state index in [2.05, 4.69) is 15.1 Å². The minimum Gasteiger partial charge on any atom is -0.289 e. The van der Waals surface area contributed by atoms with Gasteiger partial charge in [-0.15, -0.1) is 0 Å². The van der Waals surface area contributed by atoms with E-state index in [1.165, 1.54) is 12.4 Å². The summed E-state index contributed by atoms with van der Waals surface area (Å²) in [6.45, 7) is 4.44. The largest absolute Gasteiger partial charge is 0.289 e. The summed E-state index contributed by atoms with van der Waals surface area (Å²) in [7, 11) is 0. The molecule has 20 heavy (non-hydrogen) atoms. The van der Waals surface area contributed by atoms with E-state index in [4.69, 9.17) is 11.6 Å². The molecule has 7 heteroatoms. The highest BCUT2D eigenvalue weighted by atomic mass is 35.5. The Morgan fingerprint density at radius 1 is 1.45 bits per heavy atom. The molecule has 2 aromatic heterocycles. The predicted octanol–water partition coefficient (Wildman–Crippen LogP) is 1.99. The van der Waals surface area contributed by atoms with Gasteiger partial charge in [0.15, 0.2) is 0 Å². The molecule has 0 bridgehead atoms. The van der Waals surface area contributed by atoms with Crippen molar-refractivity contribution in [3.05, 3.63) is 39.5 Å². The molecule has 106 valence electrons. The van der Waals surface area contributed by atoms with E-state index in [0.29, 0.717) is 12.5 Å². The Balaban J connectivity index is 2.02. The number of hydrogen-bond donors (Lipinski definition) is 0. The third kappa shape index (κ3) is 2.47. The lowest BCUT2D eigenvalue weighted by molar-refractivity contribution is 0.489. The van der Waals surface area contributed by atoms with Crippen molar-refractivity contribution in [1.82, 2.24) is 24.3 Å². The van der Waals surface area contributed by atoms with Gasteiger partial charge in [-0.1, -0.05) is 11.6 Å². The summed E-state index contributed by atoms with van der Waals surface area (Å²) >= 11 is 5.90. The fourth-order valence-corrected chi connectivity index (χ4v) is 2.45. The number of nitrogens with zero attached hydrogens (tertiary/aromatic N) is 5. The number of aromatic nitrogens is 5. The maximum atomic E-state index is 12.2. The standard InChI is InChI=1S/C13H16ClN5O/c1-8(2)19-11(15-7-16-19)6-18-12(20)5-10(14)17-13(18)9-3-4-9/h5,7-9H,3-4,6H2,1-2H3. The molecular formula is C13H16ClN5O. The van der Waals surface area contributed by atoms with Crippen LogP contribution in [0.2, 0.25) is 5.15 Å². The highest BCUT2D eigenvalue weighted by Gasteiger charge is 2.29. The van der Waals surface area contributed by atoms with Crippen LogP contribution in [-0.2, 0) is 6.54 Å². The molecule has 0 spiro atoms. The van der Waals surface area contributed by atoms with Gasteiger partial charge < -0.3 is 0 Å². The van der Waals surface area contributed by atoms with Gasteiger partial charge in [-0.3, -0.25) is 9.36 Å². The second-order valence-corrected chi connectivity index (χ2v) is 5.74. The molecule has 3 rings (SSSR count). The summed E-state index contributed by atoms with van der Waals surface area (Å²) in [5, 5.41) is 4.46. The van der Waals surface area contributed by atoms with Crippen LogP contribution in [0.25, 0.3) is 0 Å². The van der Waals surface area contributed by atoms with Crippen LogP contribution in [0, 0.1) is 0 Å². The van der Waals surface area contributed by atoms with E-state index >= 15 is 0 Å². The van der Waals surface area contributed by atoms with Gasteiger partial charge in [0.1, 0.15) is 23.1 Å². The zero-order valence-electron chi connectivity index (χ0n) is 11.5. The van der Waals surface area contributed by atoms with Crippen molar-refractivity contribution >= 4 is 11.6 Å². The van der Waals surface area contributed by atoms with Crippen LogP contribution in [0.15, 0.2) is 17.2 Å². The molecule has 0 N–H and O–H groups in total. The topological polar surface area (TPSA) is 65.6 Å². The lowest BCUT2D eigenvalue weighted by atomic mass is 10.3. The fraction of sp³-hybridized carbons (Fsp3) is 0.538. The van der Waals surface area contributed by atoms with Crippen molar-refractivity contribution in [2.24, 2.45) is 0 Å². The second-order valence-electron chi connectivity index (χ2n) is 5.35. The van der Waals surface area contributed by atoms with Gasteiger partial charge in [-0.25, -0.2) is 14.6 Å². The third-order valence-electron chi connectivity index (χ3n) is 3.38. The molecule has 1 aliphatic rings. The van der Waals surface area contributed by atoms with Crippen molar-refractivity contribution in [2.45, 2.75) is 45.2 Å². The molecule has 6 nitrogen and oxygen atoms in total. The van der Waals surface area contributed by atoms with E-state index in [9.17, 15) is 4.79 Å². The zero-order chi connectivity index (χ0) is 14.3. The summed E-state index contributed by atoms with van der Waals surface area (Å²) in [5.74, 6) is 1.87. The summed E-state index contributed by atoms with van der Waals surface area (Å²) < 4.78 is 3.48. The van der Waals surface area contributed by atoms with Gasteiger partial charge in [-0.05, 0) is 26.7 Å². The van der Waals surface area contributed by atoms with Gasteiger partial charge in [0.2, 0.25) is 0 Å².